The van der Waals surface area contributed by atoms with Crippen LogP contribution >= 0.6 is 0 Å². The normalized spacial score (nSPS) is 31.7. The number of fused-ring (bicyclic) bond motifs is 1. The van der Waals surface area contributed by atoms with Gasteiger partial charge in [-0.3, -0.25) is 9.78 Å². The first-order chi connectivity index (χ1) is 11.9. The fourth-order valence-electron chi connectivity index (χ4n) is 4.24. The molecular weight excluding hydrogens is 356 g/mol. The van der Waals surface area contributed by atoms with E-state index < -0.39 is 44.2 Å². The fraction of sp³-hybridized carbons (Fsp3) is 0.765. The molecule has 4 atom stereocenters. The molecule has 0 radical (unpaired) electrons. The van der Waals surface area contributed by atoms with Crippen molar-refractivity contribution in [3.63, 3.8) is 0 Å². The van der Waals surface area contributed by atoms with Crippen LogP contribution < -0.4 is 11.2 Å². The molecule has 9 heteroatoms. The lowest BCUT2D eigenvalue weighted by Crippen LogP contribution is -2.65. The highest BCUT2D eigenvalue weighted by atomic mass is 28.4. The molecule has 0 aliphatic carbocycles. The lowest BCUT2D eigenvalue weighted by molar-refractivity contribution is -0.0722. The third kappa shape index (κ3) is 2.91. The number of aromatic nitrogens is 2. The summed E-state index contributed by atoms with van der Waals surface area (Å²) in [4.78, 5) is 27.9. The number of aliphatic hydroxyl groups is 1. The van der Waals surface area contributed by atoms with Crippen LogP contribution in [0.3, 0.4) is 0 Å². The molecule has 1 unspecified atom stereocenters. The van der Waals surface area contributed by atoms with Gasteiger partial charge >= 0.3 is 14.3 Å². The summed E-state index contributed by atoms with van der Waals surface area (Å²) in [6.07, 6.45) is -1.66. The van der Waals surface area contributed by atoms with Crippen LogP contribution in [-0.4, -0.2) is 48.6 Å². The van der Waals surface area contributed by atoms with Crippen molar-refractivity contribution in [3.8, 4) is 0 Å². The summed E-state index contributed by atoms with van der Waals surface area (Å²) in [5.74, 6) is 0. The van der Waals surface area contributed by atoms with Crippen LogP contribution in [0.4, 0.5) is 0 Å². The van der Waals surface area contributed by atoms with Gasteiger partial charge in [-0.2, -0.15) is 0 Å². The molecule has 1 aromatic rings. The minimum atomic E-state index is -2.75. The van der Waals surface area contributed by atoms with Crippen molar-refractivity contribution in [3.05, 3.63) is 32.6 Å². The molecule has 3 rings (SSSR count). The molecule has 1 aromatic heterocycles. The van der Waals surface area contributed by atoms with Gasteiger partial charge in [0.15, 0.2) is 0 Å². The first kappa shape index (κ1) is 19.5. The zero-order valence-electron chi connectivity index (χ0n) is 16.1. The summed E-state index contributed by atoms with van der Waals surface area (Å²) in [7, 11) is -2.75. The van der Waals surface area contributed by atoms with Gasteiger partial charge in [-0.05, 0) is 0 Å². The first-order valence-electron chi connectivity index (χ1n) is 8.84. The quantitative estimate of drug-likeness (QED) is 0.629. The monoisotopic (exact) mass is 384 g/mol. The highest BCUT2D eigenvalue weighted by Gasteiger charge is 2.64. The number of aromatic amines is 2. The number of rotatable bonds is 1. The Morgan fingerprint density at radius 3 is 2.31 bits per heavy atom. The van der Waals surface area contributed by atoms with E-state index in [1.807, 2.05) is 0 Å². The third-order valence-electron chi connectivity index (χ3n) is 5.22. The lowest BCUT2D eigenvalue weighted by atomic mass is 10.0. The molecule has 146 valence electrons. The standard InChI is InChI=1S/C17H28N2O6Si/c1-16(2,3)26(17(4,5)6)23-8-10-13(25-26)11(20)12(24-10)9-7-18-15(22)19-14(9)21/h7,10-13,20H,8H2,1-6H3,(H2,18,19,21,22)/t10-,11-,12+,13?/m1/s1. The van der Waals surface area contributed by atoms with E-state index in [2.05, 4.69) is 51.5 Å². The summed E-state index contributed by atoms with van der Waals surface area (Å²) in [6, 6.07) is 0. The van der Waals surface area contributed by atoms with Crippen LogP contribution in [0, 0.1) is 0 Å². The first-order valence-corrected chi connectivity index (χ1v) is 10.7. The number of hydrogen-bond donors (Lipinski definition) is 3. The maximum atomic E-state index is 12.1. The number of ether oxygens (including phenoxy) is 1. The third-order valence-corrected chi connectivity index (χ3v) is 10.3. The summed E-state index contributed by atoms with van der Waals surface area (Å²) in [5.41, 5.74) is -1.00. The van der Waals surface area contributed by atoms with Crippen LogP contribution in [-0.2, 0) is 13.6 Å². The number of aliphatic hydroxyl groups excluding tert-OH is 1. The predicted octanol–water partition coefficient (Wildman–Crippen LogP) is 1.32. The van der Waals surface area contributed by atoms with Gasteiger partial charge in [0.05, 0.1) is 12.2 Å². The number of H-pyrrole nitrogens is 2. The van der Waals surface area contributed by atoms with Gasteiger partial charge in [-0.25, -0.2) is 4.79 Å². The number of nitrogens with one attached hydrogen (secondary N) is 2. The molecule has 3 N–H and O–H groups in total. The molecule has 2 aliphatic rings. The molecule has 2 saturated heterocycles. The molecule has 0 amide bonds. The van der Waals surface area contributed by atoms with Gasteiger partial charge in [0.25, 0.3) is 5.56 Å². The van der Waals surface area contributed by atoms with Gasteiger partial charge in [-0.1, -0.05) is 41.5 Å². The van der Waals surface area contributed by atoms with E-state index in [-0.39, 0.29) is 15.6 Å². The highest BCUT2D eigenvalue weighted by molar-refractivity contribution is 6.73. The van der Waals surface area contributed by atoms with Gasteiger partial charge in [0, 0.05) is 16.3 Å². The number of hydrogen-bond acceptors (Lipinski definition) is 6. The fourth-order valence-corrected chi connectivity index (χ4v) is 9.21. The van der Waals surface area contributed by atoms with Crippen molar-refractivity contribution in [2.45, 2.75) is 76.0 Å². The van der Waals surface area contributed by atoms with Crippen molar-refractivity contribution < 1.29 is 18.7 Å². The summed E-state index contributed by atoms with van der Waals surface area (Å²) < 4.78 is 18.7. The zero-order valence-corrected chi connectivity index (χ0v) is 17.1. The van der Waals surface area contributed by atoms with Crippen molar-refractivity contribution in [1.29, 1.82) is 0 Å². The second-order valence-corrected chi connectivity index (χ2v) is 13.9. The Hall–Kier alpha value is -1.26. The second kappa shape index (κ2) is 6.13. The Kier molecular flexibility index (Phi) is 4.60. The van der Waals surface area contributed by atoms with E-state index in [0.29, 0.717) is 6.61 Å². The lowest BCUT2D eigenvalue weighted by Gasteiger charge is -2.53. The average Bonchev–Trinajstić information content (AvgIpc) is 2.81. The molecule has 8 nitrogen and oxygen atoms in total. The maximum absolute atomic E-state index is 12.1. The summed E-state index contributed by atoms with van der Waals surface area (Å²) >= 11 is 0. The van der Waals surface area contributed by atoms with E-state index in [9.17, 15) is 14.7 Å². The minimum absolute atomic E-state index is 0.175. The molecule has 0 saturated carbocycles. The predicted molar refractivity (Wildman–Crippen MR) is 97.3 cm³/mol. The topological polar surface area (TPSA) is 114 Å². The molecule has 26 heavy (non-hydrogen) atoms. The largest absolute Gasteiger partial charge is 0.391 e. The zero-order chi connectivity index (χ0) is 19.5. The van der Waals surface area contributed by atoms with Gasteiger partial charge in [-0.15, -0.1) is 0 Å². The SMILES string of the molecule is CC(C)(C)[Si]1(C(C)(C)C)OC[C@H]2O[C@@H](c3c[nH]c(=O)[nH]c3=O)[C@@H](O)C2O1. The Morgan fingerprint density at radius 2 is 1.77 bits per heavy atom. The molecule has 0 bridgehead atoms. The second-order valence-electron chi connectivity index (χ2n) is 9.12. The average molecular weight is 385 g/mol. The Bertz CT molecular complexity index is 776. The smallest absolute Gasteiger partial charge is 0.349 e. The minimum Gasteiger partial charge on any atom is -0.391 e. The van der Waals surface area contributed by atoms with Crippen molar-refractivity contribution in [2.24, 2.45) is 0 Å². The Labute approximate surface area is 153 Å². The van der Waals surface area contributed by atoms with Crippen LogP contribution in [0.5, 0.6) is 0 Å². The molecule has 3 heterocycles. The van der Waals surface area contributed by atoms with E-state index in [0.717, 1.165) is 0 Å². The molecule has 0 aromatic carbocycles. The molecule has 2 aliphatic heterocycles. The molecule has 0 spiro atoms. The molecular formula is C17H28N2O6Si. The maximum Gasteiger partial charge on any atom is 0.349 e. The summed E-state index contributed by atoms with van der Waals surface area (Å²) in [5, 5.41) is 10.4. The van der Waals surface area contributed by atoms with Gasteiger partial charge in [0.1, 0.15) is 24.4 Å². The Balaban J connectivity index is 1.95. The van der Waals surface area contributed by atoms with Crippen LogP contribution in [0.15, 0.2) is 15.8 Å². The highest BCUT2D eigenvalue weighted by Crippen LogP contribution is 2.55. The van der Waals surface area contributed by atoms with Crippen molar-refractivity contribution >= 4 is 8.56 Å². The summed E-state index contributed by atoms with van der Waals surface area (Å²) in [6.45, 7) is 12.9. The van der Waals surface area contributed by atoms with E-state index >= 15 is 0 Å². The van der Waals surface area contributed by atoms with E-state index in [1.165, 1.54) is 6.20 Å². The van der Waals surface area contributed by atoms with Crippen LogP contribution in [0.2, 0.25) is 10.1 Å². The van der Waals surface area contributed by atoms with Crippen molar-refractivity contribution in [2.75, 3.05) is 6.61 Å². The molecule has 2 fully saturated rings. The van der Waals surface area contributed by atoms with E-state index in [4.69, 9.17) is 13.6 Å². The van der Waals surface area contributed by atoms with Crippen molar-refractivity contribution in [1.82, 2.24) is 9.97 Å². The van der Waals surface area contributed by atoms with Gasteiger partial charge < -0.3 is 23.7 Å². The van der Waals surface area contributed by atoms with E-state index in [1.54, 1.807) is 0 Å². The van der Waals surface area contributed by atoms with Gasteiger partial charge in [0.2, 0.25) is 0 Å². The van der Waals surface area contributed by atoms with Crippen LogP contribution in [0.25, 0.3) is 0 Å². The Morgan fingerprint density at radius 1 is 1.15 bits per heavy atom. The van der Waals surface area contributed by atoms with Crippen LogP contribution in [0.1, 0.15) is 53.2 Å².